The third-order valence-corrected chi connectivity index (χ3v) is 5.42. The number of halogens is 1. The van der Waals surface area contributed by atoms with Crippen molar-refractivity contribution >= 4 is 51.5 Å². The molecule has 0 bridgehead atoms. The van der Waals surface area contributed by atoms with Crippen molar-refractivity contribution in [3.05, 3.63) is 56.0 Å². The van der Waals surface area contributed by atoms with E-state index in [2.05, 4.69) is 27.6 Å². The van der Waals surface area contributed by atoms with Gasteiger partial charge in [-0.25, -0.2) is 0 Å². The Morgan fingerprint density at radius 3 is 2.54 bits per heavy atom. The van der Waals surface area contributed by atoms with E-state index in [0.29, 0.717) is 29.6 Å². The van der Waals surface area contributed by atoms with Crippen LogP contribution in [0, 0.1) is 10.5 Å². The Morgan fingerprint density at radius 1 is 1.18 bits per heavy atom. The Kier molecular flexibility index (Phi) is 6.84. The molecule has 28 heavy (non-hydrogen) atoms. The van der Waals surface area contributed by atoms with E-state index in [4.69, 9.17) is 19.9 Å². The minimum Gasteiger partial charge on any atom is -0.493 e. The van der Waals surface area contributed by atoms with Gasteiger partial charge in [0.25, 0.3) is 5.91 Å². The number of nitrogens with zero attached hydrogens (tertiary/aromatic N) is 1. The van der Waals surface area contributed by atoms with Crippen LogP contribution in [0.5, 0.6) is 17.2 Å². The van der Waals surface area contributed by atoms with Crippen molar-refractivity contribution in [2.75, 3.05) is 20.3 Å². The summed E-state index contributed by atoms with van der Waals surface area (Å²) in [4.78, 5) is 16.0. The highest BCUT2D eigenvalue weighted by atomic mass is 127. The Labute approximate surface area is 181 Å². The highest BCUT2D eigenvalue weighted by molar-refractivity contribution is 14.1. The van der Waals surface area contributed by atoms with Gasteiger partial charge in [0.05, 0.1) is 15.6 Å². The van der Waals surface area contributed by atoms with Gasteiger partial charge in [0.2, 0.25) is 0 Å². The molecule has 2 aromatic carbocycles. The molecule has 1 heterocycles. The summed E-state index contributed by atoms with van der Waals surface area (Å²) < 4.78 is 17.9. The highest BCUT2D eigenvalue weighted by Crippen LogP contribution is 2.36. The number of carbonyl (C=O) groups is 1. The molecule has 6 nitrogen and oxygen atoms in total. The molecule has 2 aromatic rings. The third-order valence-electron chi connectivity index (χ3n) is 3.81. The summed E-state index contributed by atoms with van der Waals surface area (Å²) >= 11 is 3.33. The van der Waals surface area contributed by atoms with Gasteiger partial charge in [-0.2, -0.15) is 4.99 Å². The molecule has 3 rings (SSSR count). The predicted molar refractivity (Wildman–Crippen MR) is 120 cm³/mol. The highest BCUT2D eigenvalue weighted by Gasteiger charge is 2.20. The van der Waals surface area contributed by atoms with Gasteiger partial charge in [-0.05, 0) is 77.2 Å². The molecule has 0 atom stereocenters. The lowest BCUT2D eigenvalue weighted by molar-refractivity contribution is -0.113. The zero-order valence-corrected chi connectivity index (χ0v) is 18.4. The van der Waals surface area contributed by atoms with Crippen molar-refractivity contribution in [1.82, 2.24) is 0 Å². The minimum absolute atomic E-state index is 0.256. The molecule has 0 spiro atoms. The summed E-state index contributed by atoms with van der Waals surface area (Å²) in [5, 5.41) is 0.256. The number of aryl methyl sites for hydroxylation is 1. The van der Waals surface area contributed by atoms with Gasteiger partial charge in [-0.3, -0.25) is 4.79 Å². The molecule has 0 fully saturated rings. The fraction of sp³-hybridized carbons (Fsp3) is 0.200. The quantitative estimate of drug-likeness (QED) is 0.345. The first-order valence-electron chi connectivity index (χ1n) is 8.44. The smallest absolute Gasteiger partial charge is 0.286 e. The molecule has 0 radical (unpaired) electrons. The number of ether oxygens (including phenoxy) is 3. The largest absolute Gasteiger partial charge is 0.493 e. The van der Waals surface area contributed by atoms with Crippen molar-refractivity contribution in [2.45, 2.75) is 6.92 Å². The maximum absolute atomic E-state index is 11.8. The van der Waals surface area contributed by atoms with Crippen molar-refractivity contribution in [1.29, 1.82) is 0 Å². The fourth-order valence-corrected chi connectivity index (χ4v) is 3.94. The number of amidine groups is 1. The Hall–Kier alpha value is -2.20. The molecule has 0 aliphatic carbocycles. The van der Waals surface area contributed by atoms with E-state index in [1.807, 2.05) is 43.3 Å². The zero-order chi connectivity index (χ0) is 20.1. The summed E-state index contributed by atoms with van der Waals surface area (Å²) in [5.41, 5.74) is 7.59. The number of thioether (sulfide) groups is 1. The van der Waals surface area contributed by atoms with Gasteiger partial charge in [-0.1, -0.05) is 17.7 Å². The van der Waals surface area contributed by atoms with E-state index in [1.54, 1.807) is 13.2 Å². The van der Waals surface area contributed by atoms with Crippen LogP contribution < -0.4 is 19.9 Å². The standard InChI is InChI=1S/C20H19IN2O4S/c1-12-3-5-14(6-4-12)26-7-8-27-18-15(21)9-13(10-16(18)25-2)11-17-19(24)23-20(22)28-17/h3-6,9-11H,7-8H2,1-2H3,(H2,22,23,24). The molecule has 1 aliphatic rings. The van der Waals surface area contributed by atoms with Crippen molar-refractivity contribution in [2.24, 2.45) is 10.7 Å². The molecule has 0 saturated carbocycles. The van der Waals surface area contributed by atoms with Crippen LogP contribution in [0.1, 0.15) is 11.1 Å². The first-order chi connectivity index (χ1) is 13.5. The average Bonchev–Trinajstić information content (AvgIpc) is 2.98. The SMILES string of the molecule is COc1cc(C=C2SC(N)=NC2=O)cc(I)c1OCCOc1ccc(C)cc1. The van der Waals surface area contributed by atoms with Gasteiger partial charge in [-0.15, -0.1) is 0 Å². The Morgan fingerprint density at radius 2 is 1.89 bits per heavy atom. The molecule has 0 saturated heterocycles. The van der Waals surface area contributed by atoms with E-state index < -0.39 is 0 Å². The molecule has 0 aromatic heterocycles. The number of rotatable bonds is 7. The fourth-order valence-electron chi connectivity index (χ4n) is 2.48. The first-order valence-corrected chi connectivity index (χ1v) is 10.3. The number of methoxy groups -OCH3 is 1. The van der Waals surface area contributed by atoms with Crippen molar-refractivity contribution in [3.63, 3.8) is 0 Å². The molecule has 2 N–H and O–H groups in total. The minimum atomic E-state index is -0.329. The Bertz CT molecular complexity index is 942. The lowest BCUT2D eigenvalue weighted by Crippen LogP contribution is -2.10. The van der Waals surface area contributed by atoms with E-state index in [1.165, 1.54) is 5.56 Å². The van der Waals surface area contributed by atoms with Crippen molar-refractivity contribution in [3.8, 4) is 17.2 Å². The van der Waals surface area contributed by atoms with Crippen LogP contribution in [0.3, 0.4) is 0 Å². The summed E-state index contributed by atoms with van der Waals surface area (Å²) in [7, 11) is 1.58. The summed E-state index contributed by atoms with van der Waals surface area (Å²) in [6.07, 6.45) is 1.74. The van der Waals surface area contributed by atoms with Gasteiger partial charge in [0.1, 0.15) is 19.0 Å². The van der Waals surface area contributed by atoms with Crippen LogP contribution >= 0.6 is 34.4 Å². The van der Waals surface area contributed by atoms with E-state index in [-0.39, 0.29) is 11.1 Å². The first kappa shape index (κ1) is 20.5. The summed E-state index contributed by atoms with van der Waals surface area (Å²) in [6.45, 7) is 2.82. The van der Waals surface area contributed by atoms with E-state index in [9.17, 15) is 4.79 Å². The second kappa shape index (κ2) is 9.33. The molecule has 8 heteroatoms. The molecular weight excluding hydrogens is 491 g/mol. The predicted octanol–water partition coefficient (Wildman–Crippen LogP) is 4.00. The Balaban J connectivity index is 1.65. The van der Waals surface area contributed by atoms with Gasteiger partial charge in [0, 0.05) is 0 Å². The van der Waals surface area contributed by atoms with Crippen LogP contribution in [0.25, 0.3) is 6.08 Å². The number of nitrogens with two attached hydrogens (primary N) is 1. The number of aliphatic imine (C=N–C) groups is 1. The number of carbonyl (C=O) groups excluding carboxylic acids is 1. The second-order valence-electron chi connectivity index (χ2n) is 5.91. The number of hydrogen-bond donors (Lipinski definition) is 1. The maximum Gasteiger partial charge on any atom is 0.286 e. The third kappa shape index (κ3) is 5.20. The normalized spacial score (nSPS) is 14.9. The average molecular weight is 510 g/mol. The van der Waals surface area contributed by atoms with Crippen LogP contribution in [-0.4, -0.2) is 31.4 Å². The molecule has 0 unspecified atom stereocenters. The summed E-state index contributed by atoms with van der Waals surface area (Å²) in [5.74, 6) is 1.69. The topological polar surface area (TPSA) is 83.1 Å². The molecule has 1 amide bonds. The zero-order valence-electron chi connectivity index (χ0n) is 15.4. The lowest BCUT2D eigenvalue weighted by atomic mass is 10.2. The van der Waals surface area contributed by atoms with E-state index >= 15 is 0 Å². The van der Waals surface area contributed by atoms with Gasteiger partial charge >= 0.3 is 0 Å². The van der Waals surface area contributed by atoms with Gasteiger partial charge in [0.15, 0.2) is 16.7 Å². The second-order valence-corrected chi connectivity index (χ2v) is 8.13. The lowest BCUT2D eigenvalue weighted by Gasteiger charge is -2.14. The van der Waals surface area contributed by atoms with Crippen LogP contribution in [-0.2, 0) is 4.79 Å². The van der Waals surface area contributed by atoms with Gasteiger partial charge < -0.3 is 19.9 Å². The molecular formula is C20H19IN2O4S. The van der Waals surface area contributed by atoms with Crippen LogP contribution in [0.15, 0.2) is 46.3 Å². The molecule has 1 aliphatic heterocycles. The van der Waals surface area contributed by atoms with Crippen molar-refractivity contribution < 1.29 is 19.0 Å². The van der Waals surface area contributed by atoms with Crippen LogP contribution in [0.4, 0.5) is 0 Å². The maximum atomic E-state index is 11.8. The number of benzene rings is 2. The summed E-state index contributed by atoms with van der Waals surface area (Å²) in [6, 6.07) is 11.6. The number of hydrogen-bond acceptors (Lipinski definition) is 6. The van der Waals surface area contributed by atoms with Crippen LogP contribution in [0.2, 0.25) is 0 Å². The monoisotopic (exact) mass is 510 g/mol. The number of amides is 1. The van der Waals surface area contributed by atoms with E-state index in [0.717, 1.165) is 26.6 Å². The molecule has 146 valence electrons.